The highest BCUT2D eigenvalue weighted by atomic mass is 15.2. The molecule has 1 fully saturated rings. The van der Waals surface area contributed by atoms with Gasteiger partial charge < -0.3 is 5.32 Å². The van der Waals surface area contributed by atoms with Crippen LogP contribution in [-0.2, 0) is 5.54 Å². The Balaban J connectivity index is 2.18. The topological polar surface area (TPSA) is 15.3 Å². The van der Waals surface area contributed by atoms with Crippen LogP contribution in [0.25, 0.3) is 0 Å². The van der Waals surface area contributed by atoms with Gasteiger partial charge in [0.2, 0.25) is 0 Å². The minimum absolute atomic E-state index is 0.0689. The molecule has 2 rings (SSSR count). The van der Waals surface area contributed by atoms with Gasteiger partial charge in [-0.05, 0) is 44.8 Å². The molecule has 1 aromatic rings. The van der Waals surface area contributed by atoms with E-state index in [-0.39, 0.29) is 5.54 Å². The van der Waals surface area contributed by atoms with Crippen molar-refractivity contribution in [3.8, 4) is 0 Å². The van der Waals surface area contributed by atoms with Crippen LogP contribution in [0, 0.1) is 5.92 Å². The molecule has 0 radical (unpaired) electrons. The molecule has 20 heavy (non-hydrogen) atoms. The zero-order valence-electron chi connectivity index (χ0n) is 13.5. The first-order valence-corrected chi connectivity index (χ1v) is 8.11. The third-order valence-electron chi connectivity index (χ3n) is 5.11. The maximum Gasteiger partial charge on any atom is 0.0535 e. The summed E-state index contributed by atoms with van der Waals surface area (Å²) in [6, 6.07) is 11.6. The Bertz CT molecular complexity index is 403. The molecule has 0 spiro atoms. The summed E-state index contributed by atoms with van der Waals surface area (Å²) in [5.41, 5.74) is 1.47. The van der Waals surface area contributed by atoms with Gasteiger partial charge >= 0.3 is 0 Å². The predicted octanol–water partition coefficient (Wildman–Crippen LogP) is 3.63. The molecule has 1 heterocycles. The lowest BCUT2D eigenvalue weighted by atomic mass is 9.90. The Kier molecular flexibility index (Phi) is 5.22. The van der Waals surface area contributed by atoms with Gasteiger partial charge in [-0.2, -0.15) is 0 Å². The fourth-order valence-corrected chi connectivity index (χ4v) is 3.24. The zero-order valence-corrected chi connectivity index (χ0v) is 13.5. The third kappa shape index (κ3) is 3.42. The standard InChI is InChI=1S/C18H30N2/c1-5-15(2)16(3)20-13-9-12-19-18(4,14-20)17-10-7-6-8-11-17/h6-8,10-11,15-16,19H,5,9,12-14H2,1-4H3. The first-order valence-electron chi connectivity index (χ1n) is 8.11. The molecular formula is C18H30N2. The van der Waals surface area contributed by atoms with Crippen LogP contribution in [0.4, 0.5) is 0 Å². The van der Waals surface area contributed by atoms with Crippen molar-refractivity contribution < 1.29 is 0 Å². The summed E-state index contributed by atoms with van der Waals surface area (Å²) in [5, 5.41) is 3.77. The van der Waals surface area contributed by atoms with E-state index in [2.05, 4.69) is 68.2 Å². The molecule has 1 N–H and O–H groups in total. The van der Waals surface area contributed by atoms with Gasteiger partial charge in [-0.25, -0.2) is 0 Å². The number of nitrogens with zero attached hydrogens (tertiary/aromatic N) is 1. The molecule has 2 nitrogen and oxygen atoms in total. The van der Waals surface area contributed by atoms with E-state index >= 15 is 0 Å². The van der Waals surface area contributed by atoms with E-state index < -0.39 is 0 Å². The highest BCUT2D eigenvalue weighted by molar-refractivity contribution is 5.24. The van der Waals surface area contributed by atoms with Crippen molar-refractivity contribution in [1.29, 1.82) is 0 Å². The average molecular weight is 274 g/mol. The highest BCUT2D eigenvalue weighted by Crippen LogP contribution is 2.27. The van der Waals surface area contributed by atoms with Gasteiger partial charge in [-0.1, -0.05) is 50.6 Å². The van der Waals surface area contributed by atoms with Crippen LogP contribution in [0.2, 0.25) is 0 Å². The van der Waals surface area contributed by atoms with E-state index in [9.17, 15) is 0 Å². The summed E-state index contributed by atoms with van der Waals surface area (Å²) in [7, 11) is 0. The molecule has 1 aliphatic heterocycles. The first kappa shape index (κ1) is 15.5. The lowest BCUT2D eigenvalue weighted by Gasteiger charge is -2.38. The lowest BCUT2D eigenvalue weighted by molar-refractivity contribution is 0.132. The normalized spacial score (nSPS) is 27.8. The summed E-state index contributed by atoms with van der Waals surface area (Å²) in [5.74, 6) is 0.758. The highest BCUT2D eigenvalue weighted by Gasteiger charge is 2.33. The quantitative estimate of drug-likeness (QED) is 0.902. The molecule has 0 bridgehead atoms. The summed E-state index contributed by atoms with van der Waals surface area (Å²) >= 11 is 0. The van der Waals surface area contributed by atoms with Crippen molar-refractivity contribution in [3.63, 3.8) is 0 Å². The van der Waals surface area contributed by atoms with Crippen molar-refractivity contribution in [2.24, 2.45) is 5.92 Å². The minimum Gasteiger partial charge on any atom is -0.307 e. The van der Waals surface area contributed by atoms with Crippen LogP contribution in [0.3, 0.4) is 0 Å². The van der Waals surface area contributed by atoms with Crippen LogP contribution in [0.15, 0.2) is 30.3 Å². The van der Waals surface area contributed by atoms with Gasteiger partial charge in [0.25, 0.3) is 0 Å². The molecule has 0 amide bonds. The van der Waals surface area contributed by atoms with Crippen molar-refractivity contribution in [3.05, 3.63) is 35.9 Å². The Morgan fingerprint density at radius 2 is 1.95 bits per heavy atom. The maximum atomic E-state index is 3.77. The lowest BCUT2D eigenvalue weighted by Crippen LogP contribution is -2.49. The van der Waals surface area contributed by atoms with E-state index in [1.54, 1.807) is 0 Å². The number of rotatable bonds is 4. The maximum absolute atomic E-state index is 3.77. The van der Waals surface area contributed by atoms with Crippen LogP contribution in [-0.4, -0.2) is 30.6 Å². The second-order valence-corrected chi connectivity index (χ2v) is 6.58. The number of hydrogen-bond acceptors (Lipinski definition) is 2. The molecule has 1 saturated heterocycles. The predicted molar refractivity (Wildman–Crippen MR) is 86.9 cm³/mol. The van der Waals surface area contributed by atoms with Crippen molar-refractivity contribution >= 4 is 0 Å². The molecule has 2 heteroatoms. The van der Waals surface area contributed by atoms with Crippen LogP contribution in [0.5, 0.6) is 0 Å². The van der Waals surface area contributed by atoms with E-state index in [0.717, 1.165) is 19.0 Å². The summed E-state index contributed by atoms with van der Waals surface area (Å²) < 4.78 is 0. The van der Waals surface area contributed by atoms with Gasteiger partial charge in [-0.15, -0.1) is 0 Å². The number of hydrogen-bond donors (Lipinski definition) is 1. The van der Waals surface area contributed by atoms with Crippen LogP contribution >= 0.6 is 0 Å². The van der Waals surface area contributed by atoms with Gasteiger partial charge in [0, 0.05) is 12.6 Å². The summed E-state index contributed by atoms with van der Waals surface area (Å²) in [4.78, 5) is 2.68. The monoisotopic (exact) mass is 274 g/mol. The minimum atomic E-state index is 0.0689. The fourth-order valence-electron chi connectivity index (χ4n) is 3.24. The molecular weight excluding hydrogens is 244 g/mol. The fraction of sp³-hybridized carbons (Fsp3) is 0.667. The summed E-state index contributed by atoms with van der Waals surface area (Å²) in [6.45, 7) is 12.8. The van der Waals surface area contributed by atoms with Crippen molar-refractivity contribution in [2.45, 2.75) is 52.1 Å². The summed E-state index contributed by atoms with van der Waals surface area (Å²) in [6.07, 6.45) is 2.50. The van der Waals surface area contributed by atoms with Crippen molar-refractivity contribution in [1.82, 2.24) is 10.2 Å². The molecule has 3 unspecified atom stereocenters. The first-order chi connectivity index (χ1) is 9.57. The van der Waals surface area contributed by atoms with Gasteiger partial charge in [-0.3, -0.25) is 4.90 Å². The second-order valence-electron chi connectivity index (χ2n) is 6.58. The van der Waals surface area contributed by atoms with E-state index in [1.807, 2.05) is 0 Å². The molecule has 0 saturated carbocycles. The SMILES string of the molecule is CCC(C)C(C)N1CCCNC(C)(c2ccccc2)C1. The largest absolute Gasteiger partial charge is 0.307 e. The van der Waals surface area contributed by atoms with Crippen molar-refractivity contribution in [2.75, 3.05) is 19.6 Å². The zero-order chi connectivity index (χ0) is 14.6. The molecule has 1 aliphatic rings. The Morgan fingerprint density at radius 1 is 1.25 bits per heavy atom. The van der Waals surface area contributed by atoms with E-state index in [0.29, 0.717) is 6.04 Å². The molecule has 112 valence electrons. The van der Waals surface area contributed by atoms with E-state index in [4.69, 9.17) is 0 Å². The van der Waals surface area contributed by atoms with Gasteiger partial charge in [0.15, 0.2) is 0 Å². The Hall–Kier alpha value is -0.860. The van der Waals surface area contributed by atoms with Crippen LogP contribution < -0.4 is 5.32 Å². The van der Waals surface area contributed by atoms with Crippen LogP contribution in [0.1, 0.15) is 46.1 Å². The molecule has 1 aromatic carbocycles. The number of nitrogens with one attached hydrogen (secondary N) is 1. The number of benzene rings is 1. The Morgan fingerprint density at radius 3 is 2.60 bits per heavy atom. The Labute approximate surface area is 124 Å². The second kappa shape index (κ2) is 6.73. The molecule has 3 atom stereocenters. The van der Waals surface area contributed by atoms with Gasteiger partial charge in [0.1, 0.15) is 0 Å². The molecule has 0 aromatic heterocycles. The molecule has 0 aliphatic carbocycles. The van der Waals surface area contributed by atoms with Gasteiger partial charge in [0.05, 0.1) is 5.54 Å². The average Bonchev–Trinajstić information content (AvgIpc) is 2.69. The third-order valence-corrected chi connectivity index (χ3v) is 5.11. The van der Waals surface area contributed by atoms with E-state index in [1.165, 1.54) is 24.9 Å². The smallest absolute Gasteiger partial charge is 0.0535 e.